The summed E-state index contributed by atoms with van der Waals surface area (Å²) in [7, 11) is 0. The standard InChI is InChI=1S/C20H36O2/c1-5-9-13-19(14-10-6-2)17(21)20(18(19)22,15-11-7-3)16-12-8-4/h5-16H2,1-4H3. The van der Waals surface area contributed by atoms with Crippen LogP contribution in [0.25, 0.3) is 0 Å². The Bertz CT molecular complexity index is 302. The minimum Gasteiger partial charge on any atom is -0.297 e. The average Bonchev–Trinajstić information content (AvgIpc) is 2.55. The van der Waals surface area contributed by atoms with Gasteiger partial charge in [-0.3, -0.25) is 9.59 Å². The lowest BCUT2D eigenvalue weighted by Crippen LogP contribution is -2.66. The molecular weight excluding hydrogens is 272 g/mol. The Labute approximate surface area is 137 Å². The predicted octanol–water partition coefficient (Wildman–Crippen LogP) is 5.87. The molecule has 0 aliphatic heterocycles. The molecule has 0 heterocycles. The molecule has 128 valence electrons. The third-order valence-corrected chi connectivity index (χ3v) is 5.57. The van der Waals surface area contributed by atoms with Crippen LogP contribution in [0.1, 0.15) is 105 Å². The van der Waals surface area contributed by atoms with Crippen LogP contribution in [-0.4, -0.2) is 11.6 Å². The number of hydrogen-bond donors (Lipinski definition) is 0. The van der Waals surface area contributed by atoms with E-state index in [1.807, 2.05) is 0 Å². The average molecular weight is 309 g/mol. The van der Waals surface area contributed by atoms with Gasteiger partial charge in [0.1, 0.15) is 0 Å². The highest BCUT2D eigenvalue weighted by Crippen LogP contribution is 2.57. The Hall–Kier alpha value is -0.660. The topological polar surface area (TPSA) is 34.1 Å². The van der Waals surface area contributed by atoms with Crippen LogP contribution in [0.15, 0.2) is 0 Å². The van der Waals surface area contributed by atoms with Crippen molar-refractivity contribution < 1.29 is 9.59 Å². The van der Waals surface area contributed by atoms with Gasteiger partial charge in [0, 0.05) is 0 Å². The molecule has 0 radical (unpaired) electrons. The van der Waals surface area contributed by atoms with Crippen LogP contribution >= 0.6 is 0 Å². The highest BCUT2D eigenvalue weighted by atomic mass is 16.2. The van der Waals surface area contributed by atoms with E-state index in [1.54, 1.807) is 0 Å². The Balaban J connectivity index is 2.97. The van der Waals surface area contributed by atoms with Gasteiger partial charge in [-0.2, -0.15) is 0 Å². The third kappa shape index (κ3) is 3.46. The molecule has 0 aromatic heterocycles. The van der Waals surface area contributed by atoms with Gasteiger partial charge in [0.25, 0.3) is 0 Å². The van der Waals surface area contributed by atoms with Crippen molar-refractivity contribution in [2.45, 2.75) is 105 Å². The van der Waals surface area contributed by atoms with Crippen molar-refractivity contribution in [2.75, 3.05) is 0 Å². The Morgan fingerprint density at radius 3 is 0.955 bits per heavy atom. The maximum absolute atomic E-state index is 13.2. The fourth-order valence-electron chi connectivity index (χ4n) is 4.13. The molecule has 2 nitrogen and oxygen atoms in total. The third-order valence-electron chi connectivity index (χ3n) is 5.57. The van der Waals surface area contributed by atoms with Gasteiger partial charge >= 0.3 is 0 Å². The second-order valence-electron chi connectivity index (χ2n) is 7.24. The molecule has 0 unspecified atom stereocenters. The van der Waals surface area contributed by atoms with Crippen LogP contribution in [-0.2, 0) is 9.59 Å². The number of Topliss-reactive ketones (excluding diaryl/α,β-unsaturated/α-hetero) is 2. The highest BCUT2D eigenvalue weighted by molar-refractivity contribution is 6.30. The summed E-state index contributed by atoms with van der Waals surface area (Å²) in [6.45, 7) is 8.57. The van der Waals surface area contributed by atoms with Gasteiger partial charge in [0.2, 0.25) is 0 Å². The van der Waals surface area contributed by atoms with E-state index in [9.17, 15) is 9.59 Å². The summed E-state index contributed by atoms with van der Waals surface area (Å²) in [4.78, 5) is 26.4. The number of unbranched alkanes of at least 4 members (excludes halogenated alkanes) is 4. The van der Waals surface area contributed by atoms with E-state index in [2.05, 4.69) is 27.7 Å². The zero-order valence-corrected chi connectivity index (χ0v) is 15.3. The van der Waals surface area contributed by atoms with Crippen molar-refractivity contribution in [2.24, 2.45) is 10.8 Å². The minimum absolute atomic E-state index is 0.314. The predicted molar refractivity (Wildman–Crippen MR) is 93.0 cm³/mol. The molecular formula is C20H36O2. The molecule has 1 fully saturated rings. The van der Waals surface area contributed by atoms with Gasteiger partial charge < -0.3 is 0 Å². The van der Waals surface area contributed by atoms with Crippen LogP contribution < -0.4 is 0 Å². The Morgan fingerprint density at radius 2 is 0.773 bits per heavy atom. The molecule has 0 N–H and O–H groups in total. The number of carbonyl (C=O) groups excluding carboxylic acids is 2. The van der Waals surface area contributed by atoms with Crippen LogP contribution in [0.4, 0.5) is 0 Å². The summed E-state index contributed by atoms with van der Waals surface area (Å²) in [5, 5.41) is 0. The summed E-state index contributed by atoms with van der Waals surface area (Å²) in [6.07, 6.45) is 11.4. The first-order chi connectivity index (χ1) is 10.6. The lowest BCUT2D eigenvalue weighted by molar-refractivity contribution is -0.175. The van der Waals surface area contributed by atoms with E-state index in [0.29, 0.717) is 11.6 Å². The van der Waals surface area contributed by atoms with Gasteiger partial charge in [-0.25, -0.2) is 0 Å². The number of hydrogen-bond acceptors (Lipinski definition) is 2. The monoisotopic (exact) mass is 308 g/mol. The van der Waals surface area contributed by atoms with Crippen LogP contribution in [0.5, 0.6) is 0 Å². The second kappa shape index (κ2) is 8.84. The van der Waals surface area contributed by atoms with Crippen molar-refractivity contribution in [3.63, 3.8) is 0 Å². The van der Waals surface area contributed by atoms with Crippen molar-refractivity contribution in [1.82, 2.24) is 0 Å². The van der Waals surface area contributed by atoms with E-state index in [4.69, 9.17) is 0 Å². The van der Waals surface area contributed by atoms with Gasteiger partial charge in [-0.05, 0) is 25.7 Å². The molecule has 0 saturated heterocycles. The van der Waals surface area contributed by atoms with Gasteiger partial charge in [0.05, 0.1) is 10.8 Å². The SMILES string of the molecule is CCCCC1(CCCC)C(=O)C(CCCC)(CCCC)C1=O. The van der Waals surface area contributed by atoms with Crippen LogP contribution in [0.2, 0.25) is 0 Å². The molecule has 0 atom stereocenters. The second-order valence-corrected chi connectivity index (χ2v) is 7.24. The fraction of sp³-hybridized carbons (Fsp3) is 0.900. The van der Waals surface area contributed by atoms with Crippen LogP contribution in [0, 0.1) is 10.8 Å². The van der Waals surface area contributed by atoms with Crippen molar-refractivity contribution in [3.8, 4) is 0 Å². The molecule has 1 rings (SSSR count). The van der Waals surface area contributed by atoms with Crippen molar-refractivity contribution in [3.05, 3.63) is 0 Å². The van der Waals surface area contributed by atoms with Gasteiger partial charge in [-0.15, -0.1) is 0 Å². The summed E-state index contributed by atoms with van der Waals surface area (Å²) in [6, 6.07) is 0. The number of rotatable bonds is 12. The van der Waals surface area contributed by atoms with E-state index in [-0.39, 0.29) is 0 Å². The first-order valence-corrected chi connectivity index (χ1v) is 9.65. The maximum atomic E-state index is 13.2. The van der Waals surface area contributed by atoms with E-state index in [1.165, 1.54) is 0 Å². The highest BCUT2D eigenvalue weighted by Gasteiger charge is 2.68. The minimum atomic E-state index is -0.604. The molecule has 2 heteroatoms. The van der Waals surface area contributed by atoms with Crippen molar-refractivity contribution >= 4 is 11.6 Å². The normalized spacial score (nSPS) is 19.3. The summed E-state index contributed by atoms with van der Waals surface area (Å²) in [5.41, 5.74) is -1.21. The molecule has 22 heavy (non-hydrogen) atoms. The first-order valence-electron chi connectivity index (χ1n) is 9.65. The smallest absolute Gasteiger partial charge is 0.159 e. The van der Waals surface area contributed by atoms with E-state index >= 15 is 0 Å². The lowest BCUT2D eigenvalue weighted by Gasteiger charge is -2.53. The summed E-state index contributed by atoms with van der Waals surface area (Å²) < 4.78 is 0. The van der Waals surface area contributed by atoms with E-state index in [0.717, 1.165) is 77.0 Å². The molecule has 1 aliphatic carbocycles. The van der Waals surface area contributed by atoms with E-state index < -0.39 is 10.8 Å². The summed E-state index contributed by atoms with van der Waals surface area (Å²) in [5.74, 6) is 0.627. The van der Waals surface area contributed by atoms with Crippen LogP contribution in [0.3, 0.4) is 0 Å². The van der Waals surface area contributed by atoms with Gasteiger partial charge in [0.15, 0.2) is 11.6 Å². The number of ketones is 2. The fourth-order valence-corrected chi connectivity index (χ4v) is 4.13. The quantitative estimate of drug-likeness (QED) is 0.422. The first kappa shape index (κ1) is 19.4. The Kier molecular flexibility index (Phi) is 7.79. The largest absolute Gasteiger partial charge is 0.297 e. The molecule has 1 aliphatic rings. The molecule has 0 aromatic rings. The number of carbonyl (C=O) groups is 2. The molecule has 0 amide bonds. The Morgan fingerprint density at radius 1 is 0.545 bits per heavy atom. The van der Waals surface area contributed by atoms with Gasteiger partial charge in [-0.1, -0.05) is 79.1 Å². The summed E-state index contributed by atoms with van der Waals surface area (Å²) >= 11 is 0. The van der Waals surface area contributed by atoms with Crippen molar-refractivity contribution in [1.29, 1.82) is 0 Å². The maximum Gasteiger partial charge on any atom is 0.159 e. The zero-order valence-electron chi connectivity index (χ0n) is 15.3. The zero-order chi connectivity index (χ0) is 16.6. The molecule has 0 bridgehead atoms. The lowest BCUT2D eigenvalue weighted by atomic mass is 9.45. The molecule has 1 saturated carbocycles. The molecule has 0 aromatic carbocycles. The molecule has 0 spiro atoms.